The number of sulfone groups is 1. The highest BCUT2D eigenvalue weighted by Crippen LogP contribution is 2.20. The number of nitrogens with one attached hydrogen (secondary N) is 2. The minimum Gasteiger partial charge on any atom is -0.338 e. The molecule has 2 rings (SSSR count). The molecule has 1 aromatic carbocycles. The van der Waals surface area contributed by atoms with Gasteiger partial charge in [0.15, 0.2) is 9.84 Å². The zero-order valence-electron chi connectivity index (χ0n) is 13.8. The summed E-state index contributed by atoms with van der Waals surface area (Å²) < 4.78 is 25.2. The first-order valence-corrected chi connectivity index (χ1v) is 9.70. The molecule has 1 aromatic heterocycles. The van der Waals surface area contributed by atoms with Gasteiger partial charge in [0.1, 0.15) is 0 Å². The van der Waals surface area contributed by atoms with Crippen LogP contribution in [-0.2, 0) is 9.84 Å². The zero-order chi connectivity index (χ0) is 17.6. The molecule has 1 heterocycles. The van der Waals surface area contributed by atoms with Gasteiger partial charge in [-0.05, 0) is 18.6 Å². The summed E-state index contributed by atoms with van der Waals surface area (Å²) in [6.07, 6.45) is 7.31. The predicted octanol–water partition coefficient (Wildman–Crippen LogP) is 2.59. The van der Waals surface area contributed by atoms with E-state index in [-0.39, 0.29) is 10.9 Å². The Balaban J connectivity index is 2.08. The van der Waals surface area contributed by atoms with Crippen LogP contribution in [0.5, 0.6) is 0 Å². The molecule has 0 radical (unpaired) electrons. The van der Waals surface area contributed by atoms with E-state index in [0.717, 1.165) is 25.5 Å². The smallest absolute Gasteiger partial charge is 0.319 e. The van der Waals surface area contributed by atoms with E-state index in [1.54, 1.807) is 24.4 Å². The summed E-state index contributed by atoms with van der Waals surface area (Å²) in [5.74, 6) is 0. The molecule has 0 saturated heterocycles. The van der Waals surface area contributed by atoms with Crippen molar-refractivity contribution in [3.05, 3.63) is 36.7 Å². The third kappa shape index (κ3) is 4.82. The average Bonchev–Trinajstić information content (AvgIpc) is 2.99. The second kappa shape index (κ2) is 7.96. The minimum absolute atomic E-state index is 0.184. The summed E-state index contributed by atoms with van der Waals surface area (Å²) in [7, 11) is -3.37. The van der Waals surface area contributed by atoms with Crippen molar-refractivity contribution in [2.75, 3.05) is 18.1 Å². The fourth-order valence-electron chi connectivity index (χ4n) is 2.23. The number of anilines is 1. The van der Waals surface area contributed by atoms with Gasteiger partial charge in [0.25, 0.3) is 0 Å². The molecular weight excluding hydrogens is 328 g/mol. The molecule has 0 bridgehead atoms. The molecule has 8 heteroatoms. The van der Waals surface area contributed by atoms with Gasteiger partial charge in [-0.3, -0.25) is 0 Å². The lowest BCUT2D eigenvalue weighted by Crippen LogP contribution is -2.29. The van der Waals surface area contributed by atoms with E-state index in [9.17, 15) is 13.2 Å². The third-order valence-electron chi connectivity index (χ3n) is 3.42. The van der Waals surface area contributed by atoms with E-state index in [0.29, 0.717) is 17.9 Å². The number of amides is 2. The Kier molecular flexibility index (Phi) is 5.97. The van der Waals surface area contributed by atoms with Crippen LogP contribution in [0.15, 0.2) is 41.6 Å². The molecule has 2 amide bonds. The van der Waals surface area contributed by atoms with Gasteiger partial charge in [-0.1, -0.05) is 31.9 Å². The molecule has 0 unspecified atom stereocenters. The number of hydrogen-bond donors (Lipinski definition) is 2. The monoisotopic (exact) mass is 350 g/mol. The van der Waals surface area contributed by atoms with Gasteiger partial charge in [0, 0.05) is 12.8 Å². The van der Waals surface area contributed by atoms with Crippen molar-refractivity contribution in [3.63, 3.8) is 0 Å². The summed E-state index contributed by atoms with van der Waals surface area (Å²) in [5.41, 5.74) is 0.933. The van der Waals surface area contributed by atoms with Crippen molar-refractivity contribution < 1.29 is 13.2 Å². The summed E-state index contributed by atoms with van der Waals surface area (Å²) in [4.78, 5) is 12.0. The number of nitrogens with zero attached hydrogens (tertiary/aromatic N) is 2. The number of para-hydroxylation sites is 1. The minimum atomic E-state index is -3.37. The zero-order valence-corrected chi connectivity index (χ0v) is 14.6. The Bertz CT molecular complexity index is 799. The highest BCUT2D eigenvalue weighted by atomic mass is 32.2. The number of unbranched alkanes of at least 4 members (excludes halogenated alkanes) is 2. The lowest BCUT2D eigenvalue weighted by atomic mass is 10.2. The van der Waals surface area contributed by atoms with Crippen LogP contribution in [0.3, 0.4) is 0 Å². The quantitative estimate of drug-likeness (QED) is 0.751. The van der Waals surface area contributed by atoms with Crippen molar-refractivity contribution in [3.8, 4) is 5.69 Å². The van der Waals surface area contributed by atoms with E-state index < -0.39 is 9.84 Å². The Labute approximate surface area is 142 Å². The first-order valence-electron chi connectivity index (χ1n) is 7.81. The van der Waals surface area contributed by atoms with E-state index >= 15 is 0 Å². The maximum Gasteiger partial charge on any atom is 0.319 e. The Morgan fingerprint density at radius 3 is 2.71 bits per heavy atom. The molecule has 0 aliphatic heterocycles. The van der Waals surface area contributed by atoms with Crippen molar-refractivity contribution in [2.45, 2.75) is 31.1 Å². The first kappa shape index (κ1) is 18.0. The fourth-order valence-corrected chi connectivity index (χ4v) is 3.10. The Morgan fingerprint density at radius 1 is 1.25 bits per heavy atom. The second-order valence-corrected chi connectivity index (χ2v) is 7.49. The lowest BCUT2D eigenvalue weighted by molar-refractivity contribution is 0.252. The Morgan fingerprint density at radius 2 is 2.00 bits per heavy atom. The molecular formula is C16H22N4O3S. The number of rotatable bonds is 7. The molecule has 0 atom stereocenters. The van der Waals surface area contributed by atoms with Gasteiger partial charge >= 0.3 is 6.03 Å². The van der Waals surface area contributed by atoms with Crippen LogP contribution in [0.1, 0.15) is 26.2 Å². The molecule has 130 valence electrons. The molecule has 7 nitrogen and oxygen atoms in total. The summed E-state index contributed by atoms with van der Waals surface area (Å²) in [6, 6.07) is 6.28. The number of urea groups is 1. The van der Waals surface area contributed by atoms with Crippen molar-refractivity contribution in [1.29, 1.82) is 0 Å². The lowest BCUT2D eigenvalue weighted by Gasteiger charge is -2.07. The van der Waals surface area contributed by atoms with Crippen molar-refractivity contribution in [2.24, 2.45) is 0 Å². The number of hydrogen-bond acceptors (Lipinski definition) is 4. The maximum absolute atomic E-state index is 11.9. The van der Waals surface area contributed by atoms with Crippen LogP contribution in [-0.4, -0.2) is 37.0 Å². The normalized spacial score (nSPS) is 11.2. The van der Waals surface area contributed by atoms with Crippen LogP contribution in [0, 0.1) is 0 Å². The maximum atomic E-state index is 11.9. The van der Waals surface area contributed by atoms with E-state index in [4.69, 9.17) is 0 Å². The number of aromatic nitrogens is 2. The molecule has 2 aromatic rings. The van der Waals surface area contributed by atoms with Gasteiger partial charge in [-0.2, -0.15) is 5.10 Å². The second-order valence-electron chi connectivity index (χ2n) is 5.50. The Hall–Kier alpha value is -2.35. The first-order chi connectivity index (χ1) is 11.4. The van der Waals surface area contributed by atoms with Crippen molar-refractivity contribution >= 4 is 21.6 Å². The molecule has 0 aliphatic carbocycles. The summed E-state index contributed by atoms with van der Waals surface area (Å²) in [5, 5.41) is 9.59. The van der Waals surface area contributed by atoms with Crippen LogP contribution in [0.25, 0.3) is 5.69 Å². The molecule has 24 heavy (non-hydrogen) atoms. The van der Waals surface area contributed by atoms with Crippen molar-refractivity contribution in [1.82, 2.24) is 15.1 Å². The van der Waals surface area contributed by atoms with Crippen LogP contribution in [0.4, 0.5) is 10.5 Å². The fraction of sp³-hybridized carbons (Fsp3) is 0.375. The number of benzene rings is 1. The van der Waals surface area contributed by atoms with Gasteiger partial charge in [-0.15, -0.1) is 0 Å². The summed E-state index contributed by atoms with van der Waals surface area (Å²) >= 11 is 0. The predicted molar refractivity (Wildman–Crippen MR) is 93.2 cm³/mol. The number of carbonyl (C=O) groups is 1. The van der Waals surface area contributed by atoms with Crippen LogP contribution < -0.4 is 10.6 Å². The van der Waals surface area contributed by atoms with Crippen LogP contribution >= 0.6 is 0 Å². The molecule has 0 fully saturated rings. The van der Waals surface area contributed by atoms with Crippen LogP contribution in [0.2, 0.25) is 0 Å². The molecule has 0 aliphatic rings. The van der Waals surface area contributed by atoms with E-state index in [1.165, 1.54) is 16.9 Å². The summed E-state index contributed by atoms with van der Waals surface area (Å²) in [6.45, 7) is 2.72. The average molecular weight is 350 g/mol. The molecule has 2 N–H and O–H groups in total. The van der Waals surface area contributed by atoms with E-state index in [1.807, 2.05) is 0 Å². The van der Waals surface area contributed by atoms with Gasteiger partial charge < -0.3 is 10.6 Å². The molecule has 0 spiro atoms. The highest BCUT2D eigenvalue weighted by molar-refractivity contribution is 7.90. The van der Waals surface area contributed by atoms with E-state index in [2.05, 4.69) is 22.7 Å². The topological polar surface area (TPSA) is 93.1 Å². The standard InChI is InChI=1S/C16H22N4O3S/c1-3-4-7-10-17-16(21)19-13-11-18-20(12-13)14-8-5-6-9-15(14)24(2,22)23/h5-6,8-9,11-12H,3-4,7,10H2,1-2H3,(H2,17,19,21). The largest absolute Gasteiger partial charge is 0.338 e. The number of carbonyl (C=O) groups excluding carboxylic acids is 1. The highest BCUT2D eigenvalue weighted by Gasteiger charge is 2.15. The van der Waals surface area contributed by atoms with Gasteiger partial charge in [-0.25, -0.2) is 17.9 Å². The van der Waals surface area contributed by atoms with Gasteiger partial charge in [0.2, 0.25) is 0 Å². The third-order valence-corrected chi connectivity index (χ3v) is 4.56. The SMILES string of the molecule is CCCCCNC(=O)Nc1cnn(-c2ccccc2S(C)(=O)=O)c1. The molecule has 0 saturated carbocycles. The van der Waals surface area contributed by atoms with Gasteiger partial charge in [0.05, 0.1) is 28.7 Å².